The summed E-state index contributed by atoms with van der Waals surface area (Å²) in [6, 6.07) is 2.33. The van der Waals surface area contributed by atoms with Crippen molar-refractivity contribution in [3.8, 4) is 0 Å². The van der Waals surface area contributed by atoms with E-state index in [1.54, 1.807) is 6.20 Å². The molecule has 0 aliphatic rings. The molecule has 96 valence electrons. The zero-order valence-corrected chi connectivity index (χ0v) is 12.9. The van der Waals surface area contributed by atoms with E-state index >= 15 is 0 Å². The smallest absolute Gasteiger partial charge is 0.134 e. The average molecular weight is 319 g/mol. The lowest BCUT2D eigenvalue weighted by Crippen LogP contribution is -2.31. The number of hydrogen-bond acceptors (Lipinski definition) is 4. The maximum absolute atomic E-state index is 9.36. The third-order valence-electron chi connectivity index (χ3n) is 2.81. The lowest BCUT2D eigenvalue weighted by atomic mass is 10.2. The van der Waals surface area contributed by atoms with Gasteiger partial charge in [-0.1, -0.05) is 0 Å². The maximum atomic E-state index is 9.36. The molecule has 0 aromatic carbocycles. The van der Waals surface area contributed by atoms with Gasteiger partial charge in [-0.25, -0.2) is 4.98 Å². The van der Waals surface area contributed by atoms with E-state index in [4.69, 9.17) is 0 Å². The number of hydrogen-bond donors (Lipinski definition) is 1. The molecule has 1 heterocycles. The van der Waals surface area contributed by atoms with Gasteiger partial charge in [0.15, 0.2) is 0 Å². The first kappa shape index (κ1) is 14.8. The molecule has 1 unspecified atom stereocenters. The van der Waals surface area contributed by atoms with Crippen molar-refractivity contribution in [3.63, 3.8) is 0 Å². The third kappa shape index (κ3) is 4.16. The van der Waals surface area contributed by atoms with Gasteiger partial charge in [0.2, 0.25) is 0 Å². The Labute approximate surface area is 116 Å². The molecule has 1 aromatic rings. The minimum atomic E-state index is 0.0152. The third-order valence-corrected chi connectivity index (χ3v) is 3.89. The highest BCUT2D eigenvalue weighted by atomic mass is 79.9. The minimum absolute atomic E-state index is 0.0152. The summed E-state index contributed by atoms with van der Waals surface area (Å²) in [7, 11) is 2.03. The first-order chi connectivity index (χ1) is 8.10. The predicted octanol–water partition coefficient (Wildman–Crippen LogP) is 2.91. The van der Waals surface area contributed by atoms with Crippen molar-refractivity contribution in [2.24, 2.45) is 0 Å². The second kappa shape index (κ2) is 7.24. The lowest BCUT2D eigenvalue weighted by molar-refractivity contribution is 0.281. The molecule has 0 fully saturated rings. The van der Waals surface area contributed by atoms with Gasteiger partial charge in [0, 0.05) is 29.3 Å². The van der Waals surface area contributed by atoms with E-state index in [0.29, 0.717) is 6.04 Å². The van der Waals surface area contributed by atoms with E-state index in [1.807, 2.05) is 24.9 Å². The summed E-state index contributed by atoms with van der Waals surface area (Å²) in [6.45, 7) is 2.20. The molecule has 0 saturated carbocycles. The topological polar surface area (TPSA) is 36.4 Å². The van der Waals surface area contributed by atoms with Gasteiger partial charge in [-0.3, -0.25) is 0 Å². The van der Waals surface area contributed by atoms with Crippen LogP contribution < -0.4 is 4.90 Å². The van der Waals surface area contributed by atoms with Crippen molar-refractivity contribution in [1.29, 1.82) is 0 Å². The number of aromatic nitrogens is 1. The fraction of sp³-hybridized carbons (Fsp3) is 0.583. The first-order valence-corrected chi connectivity index (χ1v) is 7.75. The largest absolute Gasteiger partial charge is 0.392 e. The normalized spacial score (nSPS) is 12.5. The molecule has 0 amide bonds. The summed E-state index contributed by atoms with van der Waals surface area (Å²) < 4.78 is 0.899. The number of nitrogens with zero attached hydrogens (tertiary/aromatic N) is 2. The molecular formula is C12H19BrN2OS. The number of aliphatic hydroxyl groups excluding tert-OH is 1. The second-order valence-corrected chi connectivity index (χ2v) is 5.94. The Morgan fingerprint density at radius 2 is 2.29 bits per heavy atom. The molecule has 0 bridgehead atoms. The van der Waals surface area contributed by atoms with E-state index in [1.165, 1.54) is 0 Å². The Morgan fingerprint density at radius 3 is 2.88 bits per heavy atom. The Bertz CT molecular complexity index is 362. The van der Waals surface area contributed by atoms with Gasteiger partial charge >= 0.3 is 0 Å². The van der Waals surface area contributed by atoms with Gasteiger partial charge in [0.05, 0.1) is 6.61 Å². The Balaban J connectivity index is 2.83. The monoisotopic (exact) mass is 318 g/mol. The van der Waals surface area contributed by atoms with Gasteiger partial charge < -0.3 is 10.0 Å². The summed E-state index contributed by atoms with van der Waals surface area (Å²) in [6.07, 6.45) is 5.00. The summed E-state index contributed by atoms with van der Waals surface area (Å²) in [5, 5.41) is 9.36. The minimum Gasteiger partial charge on any atom is -0.392 e. The van der Waals surface area contributed by atoms with Crippen LogP contribution in [0.1, 0.15) is 18.9 Å². The van der Waals surface area contributed by atoms with Gasteiger partial charge in [-0.2, -0.15) is 11.8 Å². The van der Waals surface area contributed by atoms with Crippen LogP contribution in [0.5, 0.6) is 0 Å². The van der Waals surface area contributed by atoms with Crippen LogP contribution in [-0.2, 0) is 6.61 Å². The summed E-state index contributed by atoms with van der Waals surface area (Å²) in [4.78, 5) is 6.52. The molecule has 0 aliphatic carbocycles. The zero-order chi connectivity index (χ0) is 12.8. The molecule has 17 heavy (non-hydrogen) atoms. The highest BCUT2D eigenvalue weighted by Crippen LogP contribution is 2.23. The van der Waals surface area contributed by atoms with Crippen LogP contribution in [0, 0.1) is 0 Å². The van der Waals surface area contributed by atoms with Crippen molar-refractivity contribution in [2.75, 3.05) is 24.0 Å². The van der Waals surface area contributed by atoms with Crippen LogP contribution in [0.15, 0.2) is 16.7 Å². The molecule has 1 aromatic heterocycles. The summed E-state index contributed by atoms with van der Waals surface area (Å²) >= 11 is 5.22. The molecule has 0 spiro atoms. The Hall–Kier alpha value is -0.260. The number of halogens is 1. The average Bonchev–Trinajstić information content (AvgIpc) is 2.34. The predicted molar refractivity (Wildman–Crippen MR) is 78.7 cm³/mol. The van der Waals surface area contributed by atoms with Crippen molar-refractivity contribution in [2.45, 2.75) is 26.0 Å². The van der Waals surface area contributed by atoms with Crippen LogP contribution in [0.3, 0.4) is 0 Å². The fourth-order valence-electron chi connectivity index (χ4n) is 1.60. The maximum Gasteiger partial charge on any atom is 0.134 e. The van der Waals surface area contributed by atoms with Crippen LogP contribution in [-0.4, -0.2) is 35.2 Å². The molecule has 1 atom stereocenters. The first-order valence-electron chi connectivity index (χ1n) is 5.57. The van der Waals surface area contributed by atoms with E-state index in [9.17, 15) is 5.11 Å². The highest BCUT2D eigenvalue weighted by Gasteiger charge is 2.14. The van der Waals surface area contributed by atoms with Crippen LogP contribution in [0.2, 0.25) is 0 Å². The van der Waals surface area contributed by atoms with E-state index < -0.39 is 0 Å². The highest BCUT2D eigenvalue weighted by molar-refractivity contribution is 9.10. The number of pyridine rings is 1. The molecule has 0 aliphatic heterocycles. The van der Waals surface area contributed by atoms with Crippen LogP contribution in [0.4, 0.5) is 5.82 Å². The molecule has 3 nitrogen and oxygen atoms in total. The van der Waals surface area contributed by atoms with Crippen molar-refractivity contribution in [3.05, 3.63) is 22.3 Å². The van der Waals surface area contributed by atoms with E-state index in [0.717, 1.165) is 28.0 Å². The van der Waals surface area contributed by atoms with Gasteiger partial charge in [0.1, 0.15) is 5.82 Å². The SMILES string of the molecule is CSCCC(C)N(C)c1ncc(Br)cc1CO. The van der Waals surface area contributed by atoms with Crippen molar-refractivity contribution < 1.29 is 5.11 Å². The standard InChI is InChI=1S/C12H19BrN2OS/c1-9(4-5-17-3)15(2)12-10(8-16)6-11(13)7-14-12/h6-7,9,16H,4-5,8H2,1-3H3. The van der Waals surface area contributed by atoms with Crippen LogP contribution >= 0.6 is 27.7 Å². The van der Waals surface area contributed by atoms with Crippen molar-refractivity contribution in [1.82, 2.24) is 4.98 Å². The molecule has 1 rings (SSSR count). The summed E-state index contributed by atoms with van der Waals surface area (Å²) in [5.41, 5.74) is 0.859. The Kier molecular flexibility index (Phi) is 6.30. The quantitative estimate of drug-likeness (QED) is 0.875. The van der Waals surface area contributed by atoms with E-state index in [2.05, 4.69) is 39.0 Å². The van der Waals surface area contributed by atoms with Gasteiger partial charge in [-0.05, 0) is 47.3 Å². The van der Waals surface area contributed by atoms with Crippen LogP contribution in [0.25, 0.3) is 0 Å². The molecule has 0 radical (unpaired) electrons. The number of thioether (sulfide) groups is 1. The number of anilines is 1. The number of aliphatic hydroxyl groups is 1. The fourth-order valence-corrected chi connectivity index (χ4v) is 2.55. The molecule has 0 saturated heterocycles. The summed E-state index contributed by atoms with van der Waals surface area (Å²) in [5.74, 6) is 2.00. The van der Waals surface area contributed by atoms with Crippen molar-refractivity contribution >= 4 is 33.5 Å². The second-order valence-electron chi connectivity index (χ2n) is 4.04. The van der Waals surface area contributed by atoms with Gasteiger partial charge in [0.25, 0.3) is 0 Å². The molecular weight excluding hydrogens is 300 g/mol. The molecule has 5 heteroatoms. The van der Waals surface area contributed by atoms with Gasteiger partial charge in [-0.15, -0.1) is 0 Å². The zero-order valence-electron chi connectivity index (χ0n) is 10.5. The Morgan fingerprint density at radius 1 is 1.59 bits per heavy atom. The number of rotatable bonds is 6. The lowest BCUT2D eigenvalue weighted by Gasteiger charge is -2.27. The van der Waals surface area contributed by atoms with E-state index in [-0.39, 0.29) is 6.61 Å². The molecule has 1 N–H and O–H groups in total.